The lowest BCUT2D eigenvalue weighted by Gasteiger charge is -2.31. The Kier molecular flexibility index (Phi) is 2.33. The van der Waals surface area contributed by atoms with Crippen LogP contribution in [0.3, 0.4) is 0 Å². The van der Waals surface area contributed by atoms with Gasteiger partial charge in [0.15, 0.2) is 0 Å². The molecular weight excluding hydrogens is 211 g/mol. The molecule has 1 fully saturated rings. The SMILES string of the molecule is Fc1ccc2c(c1)SNCN2CC1CC1. The minimum atomic E-state index is -0.156. The van der Waals surface area contributed by atoms with Gasteiger partial charge in [-0.15, -0.1) is 0 Å². The van der Waals surface area contributed by atoms with Gasteiger partial charge in [0.2, 0.25) is 0 Å². The lowest BCUT2D eigenvalue weighted by Crippen LogP contribution is -2.36. The Morgan fingerprint density at radius 1 is 1.47 bits per heavy atom. The predicted molar refractivity (Wildman–Crippen MR) is 60.3 cm³/mol. The van der Waals surface area contributed by atoms with Crippen LogP contribution in [0.15, 0.2) is 23.1 Å². The lowest BCUT2D eigenvalue weighted by atomic mass is 10.2. The Hall–Kier alpha value is -0.740. The van der Waals surface area contributed by atoms with Crippen molar-refractivity contribution in [2.24, 2.45) is 5.92 Å². The van der Waals surface area contributed by atoms with Crippen LogP contribution in [0.25, 0.3) is 0 Å². The van der Waals surface area contributed by atoms with Crippen LogP contribution >= 0.6 is 11.9 Å². The zero-order valence-electron chi connectivity index (χ0n) is 8.37. The molecule has 0 aromatic heterocycles. The molecule has 2 nitrogen and oxygen atoms in total. The molecule has 1 aliphatic carbocycles. The summed E-state index contributed by atoms with van der Waals surface area (Å²) in [7, 11) is 0. The lowest BCUT2D eigenvalue weighted by molar-refractivity contribution is 0.621. The van der Waals surface area contributed by atoms with Crippen LogP contribution < -0.4 is 9.62 Å². The molecule has 0 bridgehead atoms. The van der Waals surface area contributed by atoms with Gasteiger partial charge in [0.25, 0.3) is 0 Å². The minimum Gasteiger partial charge on any atom is -0.357 e. The van der Waals surface area contributed by atoms with E-state index in [0.29, 0.717) is 0 Å². The van der Waals surface area contributed by atoms with Crippen molar-refractivity contribution in [2.45, 2.75) is 17.7 Å². The fraction of sp³-hybridized carbons (Fsp3) is 0.455. The van der Waals surface area contributed by atoms with Crippen molar-refractivity contribution in [1.82, 2.24) is 4.72 Å². The average Bonchev–Trinajstić information content (AvgIpc) is 3.01. The molecule has 15 heavy (non-hydrogen) atoms. The highest BCUT2D eigenvalue weighted by atomic mass is 32.2. The predicted octanol–water partition coefficient (Wildman–Crippen LogP) is 2.61. The molecule has 1 N–H and O–H groups in total. The zero-order chi connectivity index (χ0) is 10.3. The smallest absolute Gasteiger partial charge is 0.124 e. The molecule has 1 aromatic rings. The maximum atomic E-state index is 13.0. The van der Waals surface area contributed by atoms with E-state index < -0.39 is 0 Å². The molecule has 0 atom stereocenters. The number of hydrogen-bond donors (Lipinski definition) is 1. The number of halogens is 1. The topological polar surface area (TPSA) is 15.3 Å². The first-order chi connectivity index (χ1) is 7.33. The van der Waals surface area contributed by atoms with Crippen LogP contribution in [0, 0.1) is 11.7 Å². The molecule has 1 saturated carbocycles. The molecule has 1 heterocycles. The average molecular weight is 224 g/mol. The van der Waals surface area contributed by atoms with Crippen molar-refractivity contribution >= 4 is 17.6 Å². The van der Waals surface area contributed by atoms with Gasteiger partial charge < -0.3 is 4.90 Å². The van der Waals surface area contributed by atoms with E-state index in [2.05, 4.69) is 9.62 Å². The Bertz CT molecular complexity index is 379. The summed E-state index contributed by atoms with van der Waals surface area (Å²) in [6.07, 6.45) is 2.69. The van der Waals surface area contributed by atoms with Gasteiger partial charge in [-0.25, -0.2) is 9.11 Å². The van der Waals surface area contributed by atoms with Crippen molar-refractivity contribution in [3.8, 4) is 0 Å². The quantitative estimate of drug-likeness (QED) is 0.777. The van der Waals surface area contributed by atoms with E-state index in [9.17, 15) is 4.39 Å². The molecule has 80 valence electrons. The van der Waals surface area contributed by atoms with Crippen molar-refractivity contribution in [3.05, 3.63) is 24.0 Å². The number of benzene rings is 1. The Morgan fingerprint density at radius 3 is 3.13 bits per heavy atom. The zero-order valence-corrected chi connectivity index (χ0v) is 9.19. The van der Waals surface area contributed by atoms with E-state index in [4.69, 9.17) is 0 Å². The largest absolute Gasteiger partial charge is 0.357 e. The molecular formula is C11H13FN2S. The number of nitrogens with zero attached hydrogens (tertiary/aromatic N) is 1. The van der Waals surface area contributed by atoms with Gasteiger partial charge in [-0.3, -0.25) is 0 Å². The molecule has 0 radical (unpaired) electrons. The summed E-state index contributed by atoms with van der Waals surface area (Å²) in [6, 6.07) is 5.04. The summed E-state index contributed by atoms with van der Waals surface area (Å²) in [6.45, 7) is 1.96. The second-order valence-electron chi connectivity index (χ2n) is 4.18. The number of hydrogen-bond acceptors (Lipinski definition) is 3. The highest BCUT2D eigenvalue weighted by Crippen LogP contribution is 2.36. The summed E-state index contributed by atoms with van der Waals surface area (Å²) in [5, 5.41) is 0. The first-order valence-electron chi connectivity index (χ1n) is 5.27. The Balaban J connectivity index is 1.87. The number of rotatable bonds is 2. The summed E-state index contributed by atoms with van der Waals surface area (Å²) in [5.41, 5.74) is 1.17. The normalized spacial score (nSPS) is 20.2. The number of nitrogens with one attached hydrogen (secondary N) is 1. The fourth-order valence-electron chi connectivity index (χ4n) is 1.88. The highest BCUT2D eigenvalue weighted by molar-refractivity contribution is 7.97. The molecule has 0 saturated heterocycles. The molecule has 0 unspecified atom stereocenters. The third kappa shape index (κ3) is 1.96. The molecule has 1 aromatic carbocycles. The van der Waals surface area contributed by atoms with Crippen LogP contribution in [0.2, 0.25) is 0 Å². The molecule has 2 aliphatic rings. The second-order valence-corrected chi connectivity index (χ2v) is 5.11. The molecule has 1 aliphatic heterocycles. The van der Waals surface area contributed by atoms with Gasteiger partial charge in [-0.1, -0.05) is 0 Å². The van der Waals surface area contributed by atoms with Gasteiger partial charge in [-0.05, 0) is 48.9 Å². The second kappa shape index (κ2) is 3.68. The van der Waals surface area contributed by atoms with E-state index in [0.717, 1.165) is 24.0 Å². The standard InChI is InChI=1S/C11H13FN2S/c12-9-3-4-10-11(5-9)15-13-7-14(10)6-8-1-2-8/h3-5,8,13H,1-2,6-7H2. The van der Waals surface area contributed by atoms with E-state index in [1.807, 2.05) is 6.07 Å². The highest BCUT2D eigenvalue weighted by Gasteiger charge is 2.27. The fourth-order valence-corrected chi connectivity index (χ4v) is 2.73. The monoisotopic (exact) mass is 224 g/mol. The summed E-state index contributed by atoms with van der Waals surface area (Å²) >= 11 is 1.52. The van der Waals surface area contributed by atoms with E-state index in [1.54, 1.807) is 12.1 Å². The van der Waals surface area contributed by atoms with Gasteiger partial charge in [0, 0.05) is 11.4 Å². The van der Waals surface area contributed by atoms with Gasteiger partial charge in [0.1, 0.15) is 5.82 Å². The van der Waals surface area contributed by atoms with Crippen molar-refractivity contribution in [2.75, 3.05) is 18.1 Å². The molecule has 0 spiro atoms. The van der Waals surface area contributed by atoms with Crippen LogP contribution in [0.1, 0.15) is 12.8 Å². The van der Waals surface area contributed by atoms with Crippen LogP contribution in [-0.4, -0.2) is 13.2 Å². The Labute approximate surface area is 93.0 Å². The first kappa shape index (κ1) is 9.48. The van der Waals surface area contributed by atoms with Gasteiger partial charge in [0.05, 0.1) is 12.4 Å². The maximum absolute atomic E-state index is 13.0. The van der Waals surface area contributed by atoms with Crippen LogP contribution in [0.4, 0.5) is 10.1 Å². The molecule has 3 rings (SSSR count). The van der Waals surface area contributed by atoms with E-state index in [1.165, 1.54) is 30.5 Å². The maximum Gasteiger partial charge on any atom is 0.124 e. The molecule has 4 heteroatoms. The van der Waals surface area contributed by atoms with Gasteiger partial charge in [-0.2, -0.15) is 0 Å². The third-order valence-corrected chi connectivity index (χ3v) is 3.70. The Morgan fingerprint density at radius 2 is 2.33 bits per heavy atom. The summed E-state index contributed by atoms with van der Waals surface area (Å²) in [5.74, 6) is 0.698. The summed E-state index contributed by atoms with van der Waals surface area (Å²) in [4.78, 5) is 3.31. The van der Waals surface area contributed by atoms with Crippen molar-refractivity contribution in [1.29, 1.82) is 0 Å². The van der Waals surface area contributed by atoms with Crippen molar-refractivity contribution in [3.63, 3.8) is 0 Å². The van der Waals surface area contributed by atoms with Crippen LogP contribution in [-0.2, 0) is 0 Å². The van der Waals surface area contributed by atoms with E-state index >= 15 is 0 Å². The first-order valence-corrected chi connectivity index (χ1v) is 6.09. The minimum absolute atomic E-state index is 0.156. The van der Waals surface area contributed by atoms with Crippen molar-refractivity contribution < 1.29 is 4.39 Å². The van der Waals surface area contributed by atoms with Crippen LogP contribution in [0.5, 0.6) is 0 Å². The van der Waals surface area contributed by atoms with E-state index in [-0.39, 0.29) is 5.82 Å². The molecule has 0 amide bonds. The van der Waals surface area contributed by atoms with Gasteiger partial charge >= 0.3 is 0 Å². The number of anilines is 1. The third-order valence-electron chi connectivity index (χ3n) is 2.88. The number of fused-ring (bicyclic) bond motifs is 1. The summed E-state index contributed by atoms with van der Waals surface area (Å²) < 4.78 is 16.3.